The van der Waals surface area contributed by atoms with Crippen LogP contribution in [0.1, 0.15) is 57.6 Å². The van der Waals surface area contributed by atoms with Gasteiger partial charge in [0.2, 0.25) is 5.91 Å². The molecule has 29 heavy (non-hydrogen) atoms. The van der Waals surface area contributed by atoms with Crippen molar-refractivity contribution in [2.24, 2.45) is 5.73 Å². The van der Waals surface area contributed by atoms with Gasteiger partial charge in [-0.1, -0.05) is 42.7 Å². The van der Waals surface area contributed by atoms with E-state index in [0.29, 0.717) is 10.6 Å². The zero-order valence-electron chi connectivity index (χ0n) is 16.4. The summed E-state index contributed by atoms with van der Waals surface area (Å²) in [6.45, 7) is 2.01. The summed E-state index contributed by atoms with van der Waals surface area (Å²) in [7, 11) is 0. The summed E-state index contributed by atoms with van der Waals surface area (Å²) in [6.07, 6.45) is 9.48. The molecule has 0 bridgehead atoms. The van der Waals surface area contributed by atoms with Gasteiger partial charge in [-0.05, 0) is 62.0 Å². The largest absolute Gasteiger partial charge is 0.365 e. The lowest BCUT2D eigenvalue weighted by Gasteiger charge is -2.10. The fraction of sp³-hybridized carbons (Fsp3) is 0.318. The SMILES string of the molecule is Cc1ccc(/C=C/C(=O)NC(=S)Nc2sc3c(c2C(N)=O)CCCCCC3)cc1. The van der Waals surface area contributed by atoms with Gasteiger partial charge in [0.25, 0.3) is 5.91 Å². The molecule has 2 aromatic rings. The minimum absolute atomic E-state index is 0.153. The fourth-order valence-corrected chi connectivity index (χ4v) is 4.97. The molecule has 0 radical (unpaired) electrons. The summed E-state index contributed by atoms with van der Waals surface area (Å²) in [5.41, 5.74) is 9.30. The lowest BCUT2D eigenvalue weighted by atomic mass is 9.96. The summed E-state index contributed by atoms with van der Waals surface area (Å²) in [6, 6.07) is 7.85. The Morgan fingerprint density at radius 1 is 1.10 bits per heavy atom. The Hall–Kier alpha value is -2.51. The van der Waals surface area contributed by atoms with Gasteiger partial charge in [-0.25, -0.2) is 0 Å². The molecule has 5 nitrogen and oxygen atoms in total. The molecule has 0 aliphatic heterocycles. The average molecular weight is 428 g/mol. The van der Waals surface area contributed by atoms with E-state index in [4.69, 9.17) is 18.0 Å². The monoisotopic (exact) mass is 427 g/mol. The van der Waals surface area contributed by atoms with Gasteiger partial charge in [0.1, 0.15) is 5.00 Å². The predicted octanol–water partition coefficient (Wildman–Crippen LogP) is 4.34. The van der Waals surface area contributed by atoms with E-state index in [-0.39, 0.29) is 11.0 Å². The first-order valence-electron chi connectivity index (χ1n) is 9.75. The van der Waals surface area contributed by atoms with E-state index < -0.39 is 5.91 Å². The van der Waals surface area contributed by atoms with E-state index in [0.717, 1.165) is 48.8 Å². The number of thiocarbonyl (C=S) groups is 1. The van der Waals surface area contributed by atoms with Crippen LogP contribution in [0.3, 0.4) is 0 Å². The third-order valence-electron chi connectivity index (χ3n) is 4.89. The van der Waals surface area contributed by atoms with Crippen molar-refractivity contribution in [3.05, 3.63) is 57.5 Å². The summed E-state index contributed by atoms with van der Waals surface area (Å²) >= 11 is 6.79. The Balaban J connectivity index is 1.68. The van der Waals surface area contributed by atoms with Gasteiger partial charge in [0.05, 0.1) is 5.56 Å². The van der Waals surface area contributed by atoms with Crippen LogP contribution in [0.15, 0.2) is 30.3 Å². The molecule has 4 N–H and O–H groups in total. The number of benzene rings is 1. The molecule has 152 valence electrons. The summed E-state index contributed by atoms with van der Waals surface area (Å²) in [5.74, 6) is -0.794. The molecule has 2 amide bonds. The van der Waals surface area contributed by atoms with Gasteiger partial charge in [-0.15, -0.1) is 11.3 Å². The van der Waals surface area contributed by atoms with Gasteiger partial charge in [-0.2, -0.15) is 0 Å². The maximum absolute atomic E-state index is 12.2. The normalized spacial score (nSPS) is 14.0. The van der Waals surface area contributed by atoms with E-state index in [1.54, 1.807) is 6.08 Å². The van der Waals surface area contributed by atoms with Gasteiger partial charge < -0.3 is 11.1 Å². The summed E-state index contributed by atoms with van der Waals surface area (Å²) < 4.78 is 0. The number of carbonyl (C=O) groups excluding carboxylic acids is 2. The molecule has 1 aromatic carbocycles. The highest BCUT2D eigenvalue weighted by Gasteiger charge is 2.23. The van der Waals surface area contributed by atoms with E-state index in [1.807, 2.05) is 31.2 Å². The standard InChI is InChI=1S/C22H25N3O2S2/c1-14-8-10-15(11-9-14)12-13-18(26)24-22(28)25-21-19(20(23)27)16-6-4-2-3-5-7-17(16)29-21/h8-13H,2-7H2,1H3,(H2,23,27)(H2,24,25,26,28)/b13-12+. The van der Waals surface area contributed by atoms with E-state index in [2.05, 4.69) is 10.6 Å². The minimum atomic E-state index is -0.459. The molecule has 0 saturated heterocycles. The number of hydrogen-bond donors (Lipinski definition) is 3. The van der Waals surface area contributed by atoms with Crippen LogP contribution in [0.25, 0.3) is 6.08 Å². The number of fused-ring (bicyclic) bond motifs is 1. The number of nitrogens with one attached hydrogen (secondary N) is 2. The smallest absolute Gasteiger partial charge is 0.251 e. The number of rotatable bonds is 4. The molecule has 7 heteroatoms. The van der Waals surface area contributed by atoms with Crippen molar-refractivity contribution in [1.82, 2.24) is 5.32 Å². The minimum Gasteiger partial charge on any atom is -0.365 e. The average Bonchev–Trinajstić information content (AvgIpc) is 2.97. The maximum Gasteiger partial charge on any atom is 0.251 e. The lowest BCUT2D eigenvalue weighted by molar-refractivity contribution is -0.115. The highest BCUT2D eigenvalue weighted by atomic mass is 32.1. The number of thiophene rings is 1. The van der Waals surface area contributed by atoms with Crippen molar-refractivity contribution in [3.63, 3.8) is 0 Å². The molecule has 0 fully saturated rings. The highest BCUT2D eigenvalue weighted by molar-refractivity contribution is 7.80. The number of amides is 2. The number of hydrogen-bond acceptors (Lipinski definition) is 4. The van der Waals surface area contributed by atoms with Crippen LogP contribution in [0, 0.1) is 6.92 Å². The van der Waals surface area contributed by atoms with Crippen molar-refractivity contribution < 1.29 is 9.59 Å². The maximum atomic E-state index is 12.2. The first-order valence-corrected chi connectivity index (χ1v) is 11.0. The van der Waals surface area contributed by atoms with E-state index in [9.17, 15) is 9.59 Å². The molecule has 0 spiro atoms. The second-order valence-electron chi connectivity index (χ2n) is 7.17. The highest BCUT2D eigenvalue weighted by Crippen LogP contribution is 2.36. The molecule has 3 rings (SSSR count). The van der Waals surface area contributed by atoms with E-state index >= 15 is 0 Å². The molecule has 1 heterocycles. The van der Waals surface area contributed by atoms with Crippen molar-refractivity contribution >= 4 is 51.6 Å². The third-order valence-corrected chi connectivity index (χ3v) is 6.30. The van der Waals surface area contributed by atoms with Crippen molar-refractivity contribution in [1.29, 1.82) is 0 Å². The molecule has 1 aromatic heterocycles. The Labute approximate surface area is 180 Å². The van der Waals surface area contributed by atoms with Crippen molar-refractivity contribution in [2.75, 3.05) is 5.32 Å². The van der Waals surface area contributed by atoms with Crippen LogP contribution in [-0.4, -0.2) is 16.9 Å². The Kier molecular flexibility index (Phi) is 7.17. The number of anilines is 1. The number of aryl methyl sites for hydroxylation is 2. The van der Waals surface area contributed by atoms with Gasteiger partial charge in [0, 0.05) is 11.0 Å². The van der Waals surface area contributed by atoms with Crippen molar-refractivity contribution in [2.45, 2.75) is 45.4 Å². The first kappa shape index (κ1) is 21.2. The first-order chi connectivity index (χ1) is 13.9. The fourth-order valence-electron chi connectivity index (χ4n) is 3.41. The van der Waals surface area contributed by atoms with Crippen LogP contribution >= 0.6 is 23.6 Å². The van der Waals surface area contributed by atoms with Crippen molar-refractivity contribution in [3.8, 4) is 0 Å². The Bertz CT molecular complexity index is 946. The molecule has 0 atom stereocenters. The molecular weight excluding hydrogens is 402 g/mol. The van der Waals surface area contributed by atoms with Crippen LogP contribution in [0.4, 0.5) is 5.00 Å². The Morgan fingerprint density at radius 2 is 1.79 bits per heavy atom. The van der Waals surface area contributed by atoms with E-state index in [1.165, 1.54) is 28.7 Å². The molecule has 0 saturated carbocycles. The second-order valence-corrected chi connectivity index (χ2v) is 8.69. The van der Waals surface area contributed by atoms with Crippen LogP contribution in [-0.2, 0) is 17.6 Å². The predicted molar refractivity (Wildman–Crippen MR) is 123 cm³/mol. The summed E-state index contributed by atoms with van der Waals surface area (Å²) in [4.78, 5) is 25.5. The molecule has 1 aliphatic carbocycles. The van der Waals surface area contributed by atoms with Gasteiger partial charge >= 0.3 is 0 Å². The number of primary amides is 1. The quantitative estimate of drug-likeness (QED) is 0.501. The third kappa shape index (κ3) is 5.74. The molecule has 0 unspecified atom stereocenters. The van der Waals surface area contributed by atoms with Crippen LogP contribution < -0.4 is 16.4 Å². The van der Waals surface area contributed by atoms with Crippen LogP contribution in [0.5, 0.6) is 0 Å². The number of carbonyl (C=O) groups is 2. The van der Waals surface area contributed by atoms with Gasteiger partial charge in [-0.3, -0.25) is 14.9 Å². The second kappa shape index (κ2) is 9.80. The number of nitrogens with two attached hydrogens (primary N) is 1. The zero-order valence-corrected chi connectivity index (χ0v) is 18.1. The molecular formula is C22H25N3O2S2. The Morgan fingerprint density at radius 3 is 2.48 bits per heavy atom. The van der Waals surface area contributed by atoms with Crippen LogP contribution in [0.2, 0.25) is 0 Å². The lowest BCUT2D eigenvalue weighted by Crippen LogP contribution is -2.33. The topological polar surface area (TPSA) is 84.2 Å². The summed E-state index contributed by atoms with van der Waals surface area (Å²) in [5, 5.41) is 6.42. The molecule has 1 aliphatic rings. The van der Waals surface area contributed by atoms with Gasteiger partial charge in [0.15, 0.2) is 5.11 Å². The zero-order chi connectivity index (χ0) is 20.8.